The van der Waals surface area contributed by atoms with E-state index in [0.717, 1.165) is 25.4 Å². The zero-order chi connectivity index (χ0) is 15.0. The van der Waals surface area contributed by atoms with Crippen LogP contribution in [-0.4, -0.2) is 40.3 Å². The molecule has 116 valence electrons. The van der Waals surface area contributed by atoms with Gasteiger partial charge in [-0.15, -0.1) is 0 Å². The predicted octanol–water partition coefficient (Wildman–Crippen LogP) is 2.29. The molecule has 5 heteroatoms. The Bertz CT molecular complexity index is 668. The number of likely N-dealkylation sites (tertiary alicyclic amines) is 1. The summed E-state index contributed by atoms with van der Waals surface area (Å²) in [4.78, 5) is 6.82. The quantitative estimate of drug-likeness (QED) is 0.944. The standard InChI is InChI=1S/C17H22N4O/c1-22-15-7-13(8-18-10-15)11-21-6-2-4-17(12-21)5-3-14-9-19-20-16(14)17/h7-10H,2-6,11-12H2,1H3,(H,19,20). The number of rotatable bonds is 3. The first-order chi connectivity index (χ1) is 10.8. The van der Waals surface area contributed by atoms with E-state index in [-0.39, 0.29) is 5.41 Å². The fraction of sp³-hybridized carbons (Fsp3) is 0.529. The Balaban J connectivity index is 1.52. The molecule has 1 N–H and O–H groups in total. The van der Waals surface area contributed by atoms with E-state index in [2.05, 4.69) is 26.1 Å². The van der Waals surface area contributed by atoms with Crippen LogP contribution in [0.1, 0.15) is 36.1 Å². The van der Waals surface area contributed by atoms with E-state index in [1.807, 2.05) is 12.4 Å². The molecule has 0 aromatic carbocycles. The molecule has 1 spiro atoms. The van der Waals surface area contributed by atoms with Gasteiger partial charge < -0.3 is 4.74 Å². The molecule has 2 aliphatic rings. The molecular weight excluding hydrogens is 276 g/mol. The summed E-state index contributed by atoms with van der Waals surface area (Å²) in [7, 11) is 1.69. The lowest BCUT2D eigenvalue weighted by molar-refractivity contribution is 0.136. The molecule has 1 fully saturated rings. The first-order valence-electron chi connectivity index (χ1n) is 8.02. The average Bonchev–Trinajstić information content (AvgIpc) is 3.13. The number of hydrogen-bond donors (Lipinski definition) is 1. The van der Waals surface area contributed by atoms with Crippen molar-refractivity contribution in [2.75, 3.05) is 20.2 Å². The summed E-state index contributed by atoms with van der Waals surface area (Å²) in [6, 6.07) is 2.09. The average molecular weight is 298 g/mol. The Morgan fingerprint density at radius 2 is 2.27 bits per heavy atom. The maximum Gasteiger partial charge on any atom is 0.137 e. The highest BCUT2D eigenvalue weighted by molar-refractivity contribution is 5.33. The minimum atomic E-state index is 0.288. The van der Waals surface area contributed by atoms with Gasteiger partial charge in [0.15, 0.2) is 0 Å². The summed E-state index contributed by atoms with van der Waals surface area (Å²) in [5, 5.41) is 7.53. The third-order valence-corrected chi connectivity index (χ3v) is 5.19. The van der Waals surface area contributed by atoms with Crippen LogP contribution < -0.4 is 4.74 Å². The van der Waals surface area contributed by atoms with Crippen LogP contribution in [0, 0.1) is 0 Å². The van der Waals surface area contributed by atoms with Crippen molar-refractivity contribution >= 4 is 0 Å². The number of ether oxygens (including phenoxy) is 1. The first-order valence-corrected chi connectivity index (χ1v) is 8.02. The van der Waals surface area contributed by atoms with Gasteiger partial charge >= 0.3 is 0 Å². The molecule has 4 rings (SSSR count). The largest absolute Gasteiger partial charge is 0.495 e. The number of aromatic amines is 1. The van der Waals surface area contributed by atoms with Gasteiger partial charge in [-0.3, -0.25) is 15.0 Å². The van der Waals surface area contributed by atoms with Gasteiger partial charge in [-0.05, 0) is 49.4 Å². The number of pyridine rings is 1. The summed E-state index contributed by atoms with van der Waals surface area (Å²) >= 11 is 0. The first kappa shape index (κ1) is 13.8. The van der Waals surface area contributed by atoms with Crippen LogP contribution >= 0.6 is 0 Å². The van der Waals surface area contributed by atoms with E-state index in [9.17, 15) is 0 Å². The monoisotopic (exact) mass is 298 g/mol. The maximum absolute atomic E-state index is 5.28. The van der Waals surface area contributed by atoms with Gasteiger partial charge in [-0.1, -0.05) is 0 Å². The number of aryl methyl sites for hydroxylation is 1. The summed E-state index contributed by atoms with van der Waals surface area (Å²) < 4.78 is 5.28. The van der Waals surface area contributed by atoms with Gasteiger partial charge in [0, 0.05) is 30.4 Å². The van der Waals surface area contributed by atoms with Crippen molar-refractivity contribution in [1.29, 1.82) is 0 Å². The van der Waals surface area contributed by atoms with E-state index in [4.69, 9.17) is 4.74 Å². The Morgan fingerprint density at radius 3 is 3.18 bits per heavy atom. The smallest absolute Gasteiger partial charge is 0.137 e. The minimum Gasteiger partial charge on any atom is -0.495 e. The number of fused-ring (bicyclic) bond motifs is 2. The van der Waals surface area contributed by atoms with E-state index >= 15 is 0 Å². The fourth-order valence-corrected chi connectivity index (χ4v) is 4.15. The molecule has 0 bridgehead atoms. The topological polar surface area (TPSA) is 54.0 Å². The lowest BCUT2D eigenvalue weighted by Gasteiger charge is -2.40. The molecule has 1 unspecified atom stereocenters. The second-order valence-electron chi connectivity index (χ2n) is 6.60. The number of H-pyrrole nitrogens is 1. The third kappa shape index (κ3) is 2.29. The van der Waals surface area contributed by atoms with Crippen molar-refractivity contribution in [3.63, 3.8) is 0 Å². The zero-order valence-electron chi connectivity index (χ0n) is 13.0. The lowest BCUT2D eigenvalue weighted by atomic mass is 9.77. The van der Waals surface area contributed by atoms with Crippen LogP contribution in [0.15, 0.2) is 24.7 Å². The molecule has 0 amide bonds. The van der Waals surface area contributed by atoms with Gasteiger partial charge in [0.05, 0.1) is 19.5 Å². The van der Waals surface area contributed by atoms with Crippen LogP contribution in [0.25, 0.3) is 0 Å². The zero-order valence-corrected chi connectivity index (χ0v) is 13.0. The van der Waals surface area contributed by atoms with Crippen molar-refractivity contribution in [2.45, 2.75) is 37.6 Å². The predicted molar refractivity (Wildman–Crippen MR) is 83.9 cm³/mol. The lowest BCUT2D eigenvalue weighted by Crippen LogP contribution is -2.44. The number of piperidine rings is 1. The van der Waals surface area contributed by atoms with E-state index in [1.165, 1.54) is 42.5 Å². The highest BCUT2D eigenvalue weighted by atomic mass is 16.5. The molecule has 1 saturated heterocycles. The second kappa shape index (κ2) is 5.39. The normalized spacial score (nSPS) is 24.6. The van der Waals surface area contributed by atoms with Crippen LogP contribution in [0.2, 0.25) is 0 Å². The SMILES string of the molecule is COc1cncc(CN2CCCC3(CCc4cn[nH]c43)C2)c1. The Labute approximate surface area is 130 Å². The van der Waals surface area contributed by atoms with E-state index in [0.29, 0.717) is 0 Å². The molecule has 2 aromatic rings. The van der Waals surface area contributed by atoms with Gasteiger partial charge in [0.25, 0.3) is 0 Å². The highest BCUT2D eigenvalue weighted by Crippen LogP contribution is 2.44. The molecule has 0 radical (unpaired) electrons. The van der Waals surface area contributed by atoms with Gasteiger partial charge in [0.2, 0.25) is 0 Å². The van der Waals surface area contributed by atoms with Crippen molar-refractivity contribution in [3.8, 4) is 5.75 Å². The van der Waals surface area contributed by atoms with Crippen LogP contribution in [0.5, 0.6) is 5.75 Å². The Hall–Kier alpha value is -1.88. The van der Waals surface area contributed by atoms with Crippen molar-refractivity contribution in [1.82, 2.24) is 20.1 Å². The molecule has 22 heavy (non-hydrogen) atoms. The van der Waals surface area contributed by atoms with Crippen molar-refractivity contribution in [3.05, 3.63) is 41.5 Å². The Morgan fingerprint density at radius 1 is 1.32 bits per heavy atom. The number of nitrogens with one attached hydrogen (secondary N) is 1. The van der Waals surface area contributed by atoms with Crippen molar-refractivity contribution < 1.29 is 4.74 Å². The fourth-order valence-electron chi connectivity index (χ4n) is 4.15. The van der Waals surface area contributed by atoms with Gasteiger partial charge in [-0.2, -0.15) is 5.10 Å². The summed E-state index contributed by atoms with van der Waals surface area (Å²) in [6.45, 7) is 3.21. The van der Waals surface area contributed by atoms with Gasteiger partial charge in [0.1, 0.15) is 5.75 Å². The van der Waals surface area contributed by atoms with Crippen LogP contribution in [0.3, 0.4) is 0 Å². The van der Waals surface area contributed by atoms with Gasteiger partial charge in [-0.25, -0.2) is 0 Å². The third-order valence-electron chi connectivity index (χ3n) is 5.19. The second-order valence-corrected chi connectivity index (χ2v) is 6.60. The molecule has 2 aromatic heterocycles. The highest BCUT2D eigenvalue weighted by Gasteiger charge is 2.43. The van der Waals surface area contributed by atoms with Crippen LogP contribution in [0.4, 0.5) is 0 Å². The molecule has 1 aliphatic carbocycles. The molecule has 1 aliphatic heterocycles. The summed E-state index contributed by atoms with van der Waals surface area (Å²) in [5.74, 6) is 0.834. The molecular formula is C17H22N4O. The number of methoxy groups -OCH3 is 1. The molecule has 5 nitrogen and oxygen atoms in total. The number of aromatic nitrogens is 3. The maximum atomic E-state index is 5.28. The van der Waals surface area contributed by atoms with Crippen LogP contribution in [-0.2, 0) is 18.4 Å². The summed E-state index contributed by atoms with van der Waals surface area (Å²) in [5.41, 5.74) is 4.32. The van der Waals surface area contributed by atoms with E-state index < -0.39 is 0 Å². The van der Waals surface area contributed by atoms with Crippen molar-refractivity contribution in [2.24, 2.45) is 0 Å². The van der Waals surface area contributed by atoms with E-state index in [1.54, 1.807) is 13.3 Å². The molecule has 3 heterocycles. The number of hydrogen-bond acceptors (Lipinski definition) is 4. The Kier molecular flexibility index (Phi) is 3.37. The molecule has 0 saturated carbocycles. The minimum absolute atomic E-state index is 0.288. The number of nitrogens with zero attached hydrogens (tertiary/aromatic N) is 3. The summed E-state index contributed by atoms with van der Waals surface area (Å²) in [6.07, 6.45) is 10.7. The molecule has 1 atom stereocenters.